The van der Waals surface area contributed by atoms with Crippen LogP contribution >= 0.6 is 0 Å². The summed E-state index contributed by atoms with van der Waals surface area (Å²) >= 11 is 0. The van der Waals surface area contributed by atoms with Crippen LogP contribution in [0.1, 0.15) is 10.4 Å². The lowest BCUT2D eigenvalue weighted by Gasteiger charge is -2.06. The number of carbonyl (C=O) groups is 1. The molecular formula is C12H11FN4O. The molecule has 2 rings (SSSR count). The van der Waals surface area contributed by atoms with Crippen molar-refractivity contribution in [2.45, 2.75) is 0 Å². The van der Waals surface area contributed by atoms with Gasteiger partial charge in [-0.05, 0) is 24.3 Å². The van der Waals surface area contributed by atoms with Crippen molar-refractivity contribution in [3.63, 3.8) is 0 Å². The first-order valence-electron chi connectivity index (χ1n) is 5.19. The number of pyridine rings is 1. The number of nitrogens with two attached hydrogens (primary N) is 1. The lowest BCUT2D eigenvalue weighted by molar-refractivity contribution is 0.102. The zero-order chi connectivity index (χ0) is 13.0. The molecule has 0 unspecified atom stereocenters. The van der Waals surface area contributed by atoms with Crippen molar-refractivity contribution in [3.8, 4) is 0 Å². The van der Waals surface area contributed by atoms with Gasteiger partial charge < -0.3 is 10.7 Å². The van der Waals surface area contributed by atoms with Crippen LogP contribution in [-0.2, 0) is 0 Å². The van der Waals surface area contributed by atoms with Gasteiger partial charge in [0, 0.05) is 6.20 Å². The molecule has 0 saturated heterocycles. The SMILES string of the molecule is NNc1ccc(C(=O)Nc2ccccc2F)cn1. The Morgan fingerprint density at radius 1 is 1.22 bits per heavy atom. The van der Waals surface area contributed by atoms with Crippen molar-refractivity contribution in [2.75, 3.05) is 10.7 Å². The second-order valence-electron chi connectivity index (χ2n) is 3.51. The average molecular weight is 246 g/mol. The van der Waals surface area contributed by atoms with Crippen molar-refractivity contribution in [2.24, 2.45) is 5.84 Å². The first-order valence-corrected chi connectivity index (χ1v) is 5.19. The average Bonchev–Trinajstić information content (AvgIpc) is 2.41. The standard InChI is InChI=1S/C12H11FN4O/c13-9-3-1-2-4-10(9)16-12(18)8-5-6-11(17-14)15-7-8/h1-7H,14H2,(H,15,17)(H,16,18). The zero-order valence-electron chi connectivity index (χ0n) is 9.35. The Hall–Kier alpha value is -2.47. The number of carbonyl (C=O) groups excluding carboxylic acids is 1. The molecule has 0 bridgehead atoms. The first-order chi connectivity index (χ1) is 8.70. The van der Waals surface area contributed by atoms with Crippen molar-refractivity contribution in [3.05, 3.63) is 54.0 Å². The lowest BCUT2D eigenvalue weighted by Crippen LogP contribution is -2.14. The van der Waals surface area contributed by atoms with Gasteiger partial charge in [0.05, 0.1) is 11.3 Å². The van der Waals surface area contributed by atoms with Crippen molar-refractivity contribution in [1.82, 2.24) is 4.98 Å². The Balaban J connectivity index is 2.14. The molecule has 2 aromatic rings. The van der Waals surface area contributed by atoms with E-state index in [1.54, 1.807) is 24.3 Å². The highest BCUT2D eigenvalue weighted by atomic mass is 19.1. The van der Waals surface area contributed by atoms with E-state index in [0.717, 1.165) is 0 Å². The Labute approximate surface area is 103 Å². The molecule has 1 aromatic carbocycles. The zero-order valence-corrected chi connectivity index (χ0v) is 9.35. The monoisotopic (exact) mass is 246 g/mol. The van der Waals surface area contributed by atoms with Crippen LogP contribution in [0.15, 0.2) is 42.6 Å². The van der Waals surface area contributed by atoms with Gasteiger partial charge in [-0.3, -0.25) is 4.79 Å². The fourth-order valence-electron chi connectivity index (χ4n) is 1.37. The Morgan fingerprint density at radius 2 is 2.00 bits per heavy atom. The quantitative estimate of drug-likeness (QED) is 0.569. The summed E-state index contributed by atoms with van der Waals surface area (Å²) in [6, 6.07) is 9.03. The third kappa shape index (κ3) is 2.61. The molecule has 0 aliphatic heterocycles. The Kier molecular flexibility index (Phi) is 3.49. The summed E-state index contributed by atoms with van der Waals surface area (Å²) in [6.45, 7) is 0. The molecule has 0 aliphatic rings. The summed E-state index contributed by atoms with van der Waals surface area (Å²) in [7, 11) is 0. The number of nitrogens with one attached hydrogen (secondary N) is 2. The molecule has 1 heterocycles. The van der Waals surface area contributed by atoms with Crippen molar-refractivity contribution >= 4 is 17.4 Å². The molecule has 0 saturated carbocycles. The van der Waals surface area contributed by atoms with Gasteiger partial charge in [0.15, 0.2) is 0 Å². The molecule has 0 fully saturated rings. The topological polar surface area (TPSA) is 80.0 Å². The number of hydrazine groups is 1. The maximum Gasteiger partial charge on any atom is 0.257 e. The summed E-state index contributed by atoms with van der Waals surface area (Å²) in [5.74, 6) is 4.68. The number of para-hydroxylation sites is 1. The van der Waals surface area contributed by atoms with Crippen LogP contribution in [0.4, 0.5) is 15.9 Å². The van der Waals surface area contributed by atoms with E-state index in [9.17, 15) is 9.18 Å². The second kappa shape index (κ2) is 5.24. The predicted molar refractivity (Wildman–Crippen MR) is 66.4 cm³/mol. The minimum atomic E-state index is -0.487. The number of halogens is 1. The Morgan fingerprint density at radius 3 is 2.61 bits per heavy atom. The van der Waals surface area contributed by atoms with E-state index in [1.165, 1.54) is 18.3 Å². The first kappa shape index (κ1) is 12.0. The highest BCUT2D eigenvalue weighted by Gasteiger charge is 2.09. The Bertz CT molecular complexity index is 556. The molecule has 0 radical (unpaired) electrons. The fraction of sp³-hybridized carbons (Fsp3) is 0. The molecule has 6 heteroatoms. The number of aromatic nitrogens is 1. The third-order valence-electron chi connectivity index (χ3n) is 2.30. The summed E-state index contributed by atoms with van der Waals surface area (Å²) in [5.41, 5.74) is 2.79. The van der Waals surface area contributed by atoms with Crippen LogP contribution in [0.2, 0.25) is 0 Å². The van der Waals surface area contributed by atoms with Gasteiger partial charge >= 0.3 is 0 Å². The lowest BCUT2D eigenvalue weighted by atomic mass is 10.2. The van der Waals surface area contributed by atoms with Crippen molar-refractivity contribution < 1.29 is 9.18 Å². The van der Waals surface area contributed by atoms with Crippen molar-refractivity contribution in [1.29, 1.82) is 0 Å². The van der Waals surface area contributed by atoms with E-state index < -0.39 is 11.7 Å². The molecule has 0 atom stereocenters. The van der Waals surface area contributed by atoms with Gasteiger partial charge in [0.1, 0.15) is 11.6 Å². The number of nitrogen functional groups attached to an aromatic ring is 1. The van der Waals surface area contributed by atoms with Crippen LogP contribution in [0.25, 0.3) is 0 Å². The number of rotatable bonds is 3. The highest BCUT2D eigenvalue weighted by molar-refractivity contribution is 6.04. The third-order valence-corrected chi connectivity index (χ3v) is 2.30. The summed E-state index contributed by atoms with van der Waals surface area (Å²) in [4.78, 5) is 15.7. The maximum absolute atomic E-state index is 13.3. The smallest absolute Gasteiger partial charge is 0.257 e. The molecular weight excluding hydrogens is 235 g/mol. The fourth-order valence-corrected chi connectivity index (χ4v) is 1.37. The molecule has 0 aliphatic carbocycles. The molecule has 5 nitrogen and oxygen atoms in total. The molecule has 1 amide bonds. The maximum atomic E-state index is 13.3. The van der Waals surface area contributed by atoms with Gasteiger partial charge in [-0.2, -0.15) is 0 Å². The molecule has 1 aromatic heterocycles. The molecule has 0 spiro atoms. The number of hydrogen-bond acceptors (Lipinski definition) is 4. The molecule has 4 N–H and O–H groups in total. The number of nitrogens with zero attached hydrogens (tertiary/aromatic N) is 1. The number of benzene rings is 1. The van der Waals surface area contributed by atoms with E-state index in [-0.39, 0.29) is 5.69 Å². The van der Waals surface area contributed by atoms with Gasteiger partial charge in [-0.25, -0.2) is 15.2 Å². The van der Waals surface area contributed by atoms with Crippen LogP contribution < -0.4 is 16.6 Å². The molecule has 92 valence electrons. The van der Waals surface area contributed by atoms with Crippen LogP contribution in [0.3, 0.4) is 0 Å². The second-order valence-corrected chi connectivity index (χ2v) is 3.51. The van der Waals surface area contributed by atoms with Gasteiger partial charge in [0.2, 0.25) is 0 Å². The van der Waals surface area contributed by atoms with E-state index in [0.29, 0.717) is 11.4 Å². The summed E-state index contributed by atoms with van der Waals surface area (Å²) in [6.07, 6.45) is 1.35. The van der Waals surface area contributed by atoms with E-state index >= 15 is 0 Å². The number of hydrogen-bond donors (Lipinski definition) is 3. The number of amides is 1. The van der Waals surface area contributed by atoms with E-state index in [4.69, 9.17) is 5.84 Å². The normalized spacial score (nSPS) is 9.89. The van der Waals surface area contributed by atoms with Gasteiger partial charge in [-0.1, -0.05) is 12.1 Å². The highest BCUT2D eigenvalue weighted by Crippen LogP contribution is 2.14. The summed E-state index contributed by atoms with van der Waals surface area (Å²) in [5, 5.41) is 2.46. The van der Waals surface area contributed by atoms with E-state index in [2.05, 4.69) is 15.7 Å². The minimum Gasteiger partial charge on any atom is -0.319 e. The van der Waals surface area contributed by atoms with Crippen LogP contribution in [-0.4, -0.2) is 10.9 Å². The molecule has 18 heavy (non-hydrogen) atoms. The van der Waals surface area contributed by atoms with Crippen LogP contribution in [0.5, 0.6) is 0 Å². The number of anilines is 2. The van der Waals surface area contributed by atoms with Crippen LogP contribution in [0, 0.1) is 5.82 Å². The van der Waals surface area contributed by atoms with Gasteiger partial charge in [-0.15, -0.1) is 0 Å². The minimum absolute atomic E-state index is 0.128. The predicted octanol–water partition coefficient (Wildman–Crippen LogP) is 1.76. The summed E-state index contributed by atoms with van der Waals surface area (Å²) < 4.78 is 13.3. The van der Waals surface area contributed by atoms with E-state index in [1.807, 2.05) is 0 Å². The van der Waals surface area contributed by atoms with Gasteiger partial charge in [0.25, 0.3) is 5.91 Å². The largest absolute Gasteiger partial charge is 0.319 e.